The molecule has 0 fully saturated rings. The van der Waals surface area contributed by atoms with Crippen molar-refractivity contribution in [1.29, 1.82) is 0 Å². The van der Waals surface area contributed by atoms with E-state index in [1.54, 1.807) is 28.8 Å². The maximum atomic E-state index is 12.1. The van der Waals surface area contributed by atoms with Gasteiger partial charge in [0.05, 0.1) is 4.53 Å². The lowest BCUT2D eigenvalue weighted by Gasteiger charge is -2.03. The van der Waals surface area contributed by atoms with Crippen molar-refractivity contribution in [2.24, 2.45) is 4.99 Å². The fraction of sp³-hybridized carbons (Fsp3) is 0.267. The maximum Gasteiger partial charge on any atom is 0.300 e. The quantitative estimate of drug-likeness (QED) is 0.803. The standard InChI is InChI=1S/C13H12N2O2S.C2H4O2/c16-10-4-2-9(3-5-10)8-11-12(17)15-7-1-6-14-13(15)18-11;1-2(3)4/h2-5,8,16H,1,6-7H2;1H3,(H,3,4). The van der Waals surface area contributed by atoms with Crippen LogP contribution in [0.2, 0.25) is 0 Å². The Morgan fingerprint density at radius 1 is 1.36 bits per heavy atom. The van der Waals surface area contributed by atoms with Gasteiger partial charge in [-0.05, 0) is 30.2 Å². The van der Waals surface area contributed by atoms with Crippen LogP contribution in [0.4, 0.5) is 0 Å². The minimum atomic E-state index is -0.833. The number of nitrogens with zero attached hydrogens (tertiary/aromatic N) is 2. The summed E-state index contributed by atoms with van der Waals surface area (Å²) in [5, 5.41) is 16.6. The van der Waals surface area contributed by atoms with Gasteiger partial charge in [0, 0.05) is 20.0 Å². The van der Waals surface area contributed by atoms with E-state index >= 15 is 0 Å². The number of fused-ring (bicyclic) bond motifs is 1. The Labute approximate surface area is 130 Å². The number of rotatable bonds is 1. The first-order valence-electron chi connectivity index (χ1n) is 6.72. The molecule has 0 saturated carbocycles. The minimum Gasteiger partial charge on any atom is -0.508 e. The molecule has 0 aliphatic carbocycles. The summed E-state index contributed by atoms with van der Waals surface area (Å²) in [7, 11) is 0. The van der Waals surface area contributed by atoms with E-state index in [0.717, 1.165) is 36.8 Å². The van der Waals surface area contributed by atoms with Gasteiger partial charge in [-0.15, -0.1) is 0 Å². The Balaban J connectivity index is 0.000000396. The first kappa shape index (κ1) is 16.0. The van der Waals surface area contributed by atoms with E-state index in [1.165, 1.54) is 11.3 Å². The van der Waals surface area contributed by atoms with Crippen LogP contribution in [-0.4, -0.2) is 27.3 Å². The van der Waals surface area contributed by atoms with Crippen LogP contribution in [-0.2, 0) is 11.3 Å². The van der Waals surface area contributed by atoms with Gasteiger partial charge in [0.25, 0.3) is 11.5 Å². The predicted molar refractivity (Wildman–Crippen MR) is 83.8 cm³/mol. The summed E-state index contributed by atoms with van der Waals surface area (Å²) in [5.41, 5.74) is 0.940. The van der Waals surface area contributed by atoms with Gasteiger partial charge in [-0.3, -0.25) is 19.1 Å². The predicted octanol–water partition coefficient (Wildman–Crippen LogP) is 0.558. The largest absolute Gasteiger partial charge is 0.508 e. The van der Waals surface area contributed by atoms with Gasteiger partial charge in [-0.2, -0.15) is 0 Å². The molecule has 0 unspecified atom stereocenters. The average Bonchev–Trinajstić information content (AvgIpc) is 2.78. The topological polar surface area (TPSA) is 91.9 Å². The van der Waals surface area contributed by atoms with Gasteiger partial charge >= 0.3 is 0 Å². The highest BCUT2D eigenvalue weighted by atomic mass is 32.1. The van der Waals surface area contributed by atoms with E-state index in [1.807, 2.05) is 6.08 Å². The van der Waals surface area contributed by atoms with Crippen LogP contribution in [0.15, 0.2) is 34.1 Å². The van der Waals surface area contributed by atoms with Gasteiger partial charge in [0.15, 0.2) is 4.80 Å². The maximum absolute atomic E-state index is 12.1. The second-order valence-corrected chi connectivity index (χ2v) is 5.70. The van der Waals surface area contributed by atoms with Crippen molar-refractivity contribution < 1.29 is 15.0 Å². The molecular formula is C15H16N2O4S. The van der Waals surface area contributed by atoms with Gasteiger partial charge in [-0.1, -0.05) is 23.5 Å². The summed E-state index contributed by atoms with van der Waals surface area (Å²) in [5.74, 6) is -0.607. The molecule has 1 aliphatic heterocycles. The lowest BCUT2D eigenvalue weighted by molar-refractivity contribution is -0.134. The number of carboxylic acids is 1. The molecule has 22 heavy (non-hydrogen) atoms. The Kier molecular flexibility index (Phi) is 5.11. The molecular weight excluding hydrogens is 304 g/mol. The molecule has 1 aliphatic rings. The number of carbonyl (C=O) groups is 1. The first-order valence-corrected chi connectivity index (χ1v) is 7.53. The zero-order valence-corrected chi connectivity index (χ0v) is 12.8. The number of thiazole rings is 1. The molecule has 0 amide bonds. The van der Waals surface area contributed by atoms with Gasteiger partial charge < -0.3 is 10.2 Å². The van der Waals surface area contributed by atoms with Crippen molar-refractivity contribution in [1.82, 2.24) is 4.57 Å². The van der Waals surface area contributed by atoms with Crippen LogP contribution < -0.4 is 14.9 Å². The highest BCUT2D eigenvalue weighted by Gasteiger charge is 2.08. The van der Waals surface area contributed by atoms with E-state index in [9.17, 15) is 9.90 Å². The number of aromatic hydroxyl groups is 1. The van der Waals surface area contributed by atoms with E-state index in [0.29, 0.717) is 4.53 Å². The molecule has 7 heteroatoms. The molecule has 6 nitrogen and oxygen atoms in total. The fourth-order valence-corrected chi connectivity index (χ4v) is 2.98. The molecule has 0 saturated heterocycles. The third kappa shape index (κ3) is 4.05. The van der Waals surface area contributed by atoms with Crippen LogP contribution in [0.1, 0.15) is 18.9 Å². The smallest absolute Gasteiger partial charge is 0.300 e. The van der Waals surface area contributed by atoms with Crippen molar-refractivity contribution in [3.63, 3.8) is 0 Å². The number of phenolic OH excluding ortho intramolecular Hbond substituents is 1. The average molecular weight is 320 g/mol. The summed E-state index contributed by atoms with van der Waals surface area (Å²) >= 11 is 1.43. The van der Waals surface area contributed by atoms with Crippen LogP contribution >= 0.6 is 11.3 Å². The molecule has 2 heterocycles. The van der Waals surface area contributed by atoms with Crippen molar-refractivity contribution in [2.75, 3.05) is 6.54 Å². The van der Waals surface area contributed by atoms with Gasteiger partial charge in [-0.25, -0.2) is 0 Å². The van der Waals surface area contributed by atoms with Crippen molar-refractivity contribution in [3.05, 3.63) is 49.5 Å². The molecule has 1 aromatic carbocycles. The molecule has 116 valence electrons. The van der Waals surface area contributed by atoms with Gasteiger partial charge in [0.2, 0.25) is 0 Å². The van der Waals surface area contributed by atoms with Gasteiger partial charge in [0.1, 0.15) is 5.75 Å². The summed E-state index contributed by atoms with van der Waals surface area (Å²) in [6, 6.07) is 6.80. The van der Waals surface area contributed by atoms with Crippen LogP contribution in [0.5, 0.6) is 5.75 Å². The molecule has 0 bridgehead atoms. The SMILES string of the molecule is CC(=O)O.O=c1c(=Cc2ccc(O)cc2)sc2n1CCCN=2. The number of aliphatic carboxylic acids is 1. The Hall–Kier alpha value is -2.41. The minimum absolute atomic E-state index is 0.0338. The number of hydrogen-bond donors (Lipinski definition) is 2. The normalized spacial score (nSPS) is 13.6. The summed E-state index contributed by atoms with van der Waals surface area (Å²) < 4.78 is 2.43. The molecule has 2 N–H and O–H groups in total. The third-order valence-corrected chi connectivity index (χ3v) is 3.91. The molecule has 0 atom stereocenters. The second kappa shape index (κ2) is 7.04. The van der Waals surface area contributed by atoms with E-state index in [2.05, 4.69) is 4.99 Å². The summed E-state index contributed by atoms with van der Waals surface area (Å²) in [6.07, 6.45) is 2.77. The zero-order valence-electron chi connectivity index (χ0n) is 12.0. The first-order chi connectivity index (χ1) is 10.5. The van der Waals surface area contributed by atoms with Crippen LogP contribution in [0.25, 0.3) is 6.08 Å². The third-order valence-electron chi connectivity index (χ3n) is 2.87. The Morgan fingerprint density at radius 2 is 2.00 bits per heavy atom. The van der Waals surface area contributed by atoms with E-state index < -0.39 is 5.97 Å². The Bertz CT molecular complexity index is 830. The van der Waals surface area contributed by atoms with Crippen LogP contribution in [0, 0.1) is 0 Å². The van der Waals surface area contributed by atoms with Crippen molar-refractivity contribution in [3.8, 4) is 5.75 Å². The van der Waals surface area contributed by atoms with E-state index in [4.69, 9.17) is 9.90 Å². The summed E-state index contributed by atoms with van der Waals surface area (Å²) in [6.45, 7) is 2.65. The zero-order chi connectivity index (χ0) is 16.1. The number of aromatic nitrogens is 1. The molecule has 1 aromatic heterocycles. The Morgan fingerprint density at radius 3 is 2.59 bits per heavy atom. The number of benzene rings is 1. The highest BCUT2D eigenvalue weighted by molar-refractivity contribution is 7.07. The number of carboxylic acid groups (broad SMARTS) is 1. The molecule has 0 radical (unpaired) electrons. The van der Waals surface area contributed by atoms with Crippen LogP contribution in [0.3, 0.4) is 0 Å². The molecule has 3 rings (SSSR count). The lowest BCUT2D eigenvalue weighted by Crippen LogP contribution is -2.33. The summed E-state index contributed by atoms with van der Waals surface area (Å²) in [4.78, 5) is 26.3. The number of hydrogen-bond acceptors (Lipinski definition) is 5. The van der Waals surface area contributed by atoms with Crippen molar-refractivity contribution in [2.45, 2.75) is 19.9 Å². The molecule has 2 aromatic rings. The number of phenols is 1. The monoisotopic (exact) mass is 320 g/mol. The lowest BCUT2D eigenvalue weighted by atomic mass is 10.2. The molecule has 0 spiro atoms. The van der Waals surface area contributed by atoms with E-state index in [-0.39, 0.29) is 11.3 Å². The highest BCUT2D eigenvalue weighted by Crippen LogP contribution is 2.09. The fourth-order valence-electron chi connectivity index (χ4n) is 1.95. The van der Waals surface area contributed by atoms with Crippen molar-refractivity contribution >= 4 is 23.4 Å². The second-order valence-electron chi connectivity index (χ2n) is 4.70.